The van der Waals surface area contributed by atoms with Crippen LogP contribution in [-0.4, -0.2) is 50.9 Å². The van der Waals surface area contributed by atoms with Gasteiger partial charge in [0.25, 0.3) is 0 Å². The summed E-state index contributed by atoms with van der Waals surface area (Å²) in [7, 11) is 0. The molecule has 0 aliphatic rings. The first-order valence-electron chi connectivity index (χ1n) is 7.86. The van der Waals surface area contributed by atoms with Crippen LogP contribution >= 0.6 is 0 Å². The van der Waals surface area contributed by atoms with Gasteiger partial charge in [0.15, 0.2) is 0 Å². The first kappa shape index (κ1) is 17.1. The quantitative estimate of drug-likeness (QED) is 0.751. The summed E-state index contributed by atoms with van der Waals surface area (Å²) in [5.74, 6) is 1.07. The maximum absolute atomic E-state index is 4.43. The van der Waals surface area contributed by atoms with Crippen LogP contribution in [-0.2, 0) is 13.0 Å². The van der Waals surface area contributed by atoms with Gasteiger partial charge in [0, 0.05) is 24.5 Å². The van der Waals surface area contributed by atoms with Gasteiger partial charge in [0.2, 0.25) is 0 Å². The molecule has 1 N–H and O–H groups in total. The first-order valence-corrected chi connectivity index (χ1v) is 7.86. The van der Waals surface area contributed by atoms with Crippen molar-refractivity contribution in [3.63, 3.8) is 0 Å². The molecule has 5 heteroatoms. The molecule has 0 radical (unpaired) electrons. The number of hydrogen-bond donors (Lipinski definition) is 1. The van der Waals surface area contributed by atoms with Crippen LogP contribution in [0.25, 0.3) is 0 Å². The van der Waals surface area contributed by atoms with Crippen LogP contribution < -0.4 is 5.32 Å². The van der Waals surface area contributed by atoms with E-state index in [9.17, 15) is 0 Å². The van der Waals surface area contributed by atoms with E-state index in [1.54, 1.807) is 6.33 Å². The monoisotopic (exact) mass is 281 g/mol. The largest absolute Gasteiger partial charge is 0.312 e. The molecule has 1 unspecified atom stereocenters. The van der Waals surface area contributed by atoms with E-state index in [4.69, 9.17) is 0 Å². The van der Waals surface area contributed by atoms with Gasteiger partial charge in [0.05, 0.1) is 0 Å². The van der Waals surface area contributed by atoms with Crippen molar-refractivity contribution in [2.75, 3.05) is 19.6 Å². The fourth-order valence-electron chi connectivity index (χ4n) is 2.97. The summed E-state index contributed by atoms with van der Waals surface area (Å²) in [6.07, 6.45) is 2.57. The third kappa shape index (κ3) is 3.79. The highest BCUT2D eigenvalue weighted by Crippen LogP contribution is 2.21. The van der Waals surface area contributed by atoms with Crippen LogP contribution in [0.4, 0.5) is 0 Å². The molecule has 1 heterocycles. The van der Waals surface area contributed by atoms with Crippen LogP contribution in [0.15, 0.2) is 6.33 Å². The van der Waals surface area contributed by atoms with Crippen LogP contribution in [0.3, 0.4) is 0 Å². The zero-order valence-corrected chi connectivity index (χ0v) is 14.0. The molecule has 1 rings (SSSR count). The predicted molar refractivity (Wildman–Crippen MR) is 83.9 cm³/mol. The van der Waals surface area contributed by atoms with Crippen LogP contribution in [0, 0.1) is 0 Å². The number of aryl methyl sites for hydroxylation is 1. The molecule has 0 aliphatic carbocycles. The number of nitrogens with zero attached hydrogens (tertiary/aromatic N) is 4. The minimum absolute atomic E-state index is 0.0873. The minimum atomic E-state index is 0.0873. The molecule has 0 aliphatic heterocycles. The summed E-state index contributed by atoms with van der Waals surface area (Å²) >= 11 is 0. The van der Waals surface area contributed by atoms with Crippen LogP contribution in [0.1, 0.15) is 47.4 Å². The third-order valence-corrected chi connectivity index (χ3v) is 4.26. The predicted octanol–water partition coefficient (Wildman–Crippen LogP) is 1.94. The Bertz CT molecular complexity index is 381. The van der Waals surface area contributed by atoms with Gasteiger partial charge in [-0.3, -0.25) is 9.58 Å². The van der Waals surface area contributed by atoms with Crippen molar-refractivity contribution in [1.29, 1.82) is 0 Å². The van der Waals surface area contributed by atoms with Gasteiger partial charge in [-0.1, -0.05) is 20.8 Å². The van der Waals surface area contributed by atoms with Crippen molar-refractivity contribution in [3.05, 3.63) is 12.2 Å². The molecule has 0 saturated carbocycles. The lowest BCUT2D eigenvalue weighted by Gasteiger charge is -2.43. The molecule has 1 atom stereocenters. The zero-order valence-electron chi connectivity index (χ0n) is 14.0. The average Bonchev–Trinajstić information content (AvgIpc) is 2.86. The smallest absolute Gasteiger partial charge is 0.138 e. The Morgan fingerprint density at radius 2 is 1.90 bits per heavy atom. The summed E-state index contributed by atoms with van der Waals surface area (Å²) in [6.45, 7) is 17.3. The molecule has 0 saturated heterocycles. The van der Waals surface area contributed by atoms with Gasteiger partial charge >= 0.3 is 0 Å². The van der Waals surface area contributed by atoms with E-state index in [1.807, 2.05) is 4.68 Å². The summed E-state index contributed by atoms with van der Waals surface area (Å²) < 4.78 is 1.99. The molecular weight excluding hydrogens is 250 g/mol. The number of nitrogens with one attached hydrogen (secondary N) is 1. The normalized spacial score (nSPS) is 13.9. The Kier molecular flexibility index (Phi) is 6.62. The molecular formula is C15H31N5. The standard InChI is InChI=1S/C15H31N5/c1-7-16-13(15(5,6)19(8-2)9-3)11-14-17-12-18-20(14)10-4/h12-13,16H,7-11H2,1-6H3. The van der Waals surface area contributed by atoms with Crippen molar-refractivity contribution in [1.82, 2.24) is 25.0 Å². The van der Waals surface area contributed by atoms with E-state index < -0.39 is 0 Å². The average molecular weight is 281 g/mol. The Morgan fingerprint density at radius 1 is 1.25 bits per heavy atom. The maximum atomic E-state index is 4.43. The lowest BCUT2D eigenvalue weighted by Crippen LogP contribution is -2.58. The number of likely N-dealkylation sites (N-methyl/N-ethyl adjacent to an activating group) is 2. The second-order valence-corrected chi connectivity index (χ2v) is 5.63. The SMILES string of the molecule is CCNC(Cc1ncnn1CC)C(C)(C)N(CC)CC. The maximum Gasteiger partial charge on any atom is 0.138 e. The van der Waals surface area contributed by atoms with Gasteiger partial charge in [0.1, 0.15) is 12.2 Å². The van der Waals surface area contributed by atoms with Gasteiger partial charge in [-0.2, -0.15) is 5.10 Å². The number of aromatic nitrogens is 3. The molecule has 116 valence electrons. The summed E-state index contributed by atoms with van der Waals surface area (Å²) in [4.78, 5) is 6.93. The number of rotatable bonds is 9. The molecule has 20 heavy (non-hydrogen) atoms. The Labute approximate surface area is 123 Å². The van der Waals surface area contributed by atoms with Crippen molar-refractivity contribution >= 4 is 0 Å². The molecule has 1 aromatic rings. The zero-order chi connectivity index (χ0) is 15.2. The topological polar surface area (TPSA) is 46.0 Å². The van der Waals surface area contributed by atoms with E-state index in [0.29, 0.717) is 6.04 Å². The van der Waals surface area contributed by atoms with Crippen molar-refractivity contribution in [3.8, 4) is 0 Å². The second kappa shape index (κ2) is 7.74. The van der Waals surface area contributed by atoms with Gasteiger partial charge in [-0.25, -0.2) is 4.98 Å². The van der Waals surface area contributed by atoms with Crippen LogP contribution in [0.5, 0.6) is 0 Å². The molecule has 0 amide bonds. The molecule has 1 aromatic heterocycles. The number of hydrogen-bond acceptors (Lipinski definition) is 4. The molecule has 0 bridgehead atoms. The highest BCUT2D eigenvalue weighted by molar-refractivity contribution is 5.00. The van der Waals surface area contributed by atoms with Gasteiger partial charge < -0.3 is 5.32 Å². The van der Waals surface area contributed by atoms with Crippen molar-refractivity contribution in [2.45, 2.75) is 66.1 Å². The van der Waals surface area contributed by atoms with Gasteiger partial charge in [-0.05, 0) is 40.4 Å². The molecule has 0 spiro atoms. The highest BCUT2D eigenvalue weighted by Gasteiger charge is 2.34. The van der Waals surface area contributed by atoms with E-state index in [1.165, 1.54) is 0 Å². The van der Waals surface area contributed by atoms with E-state index in [2.05, 4.69) is 61.8 Å². The summed E-state index contributed by atoms with van der Waals surface area (Å²) in [5.41, 5.74) is 0.0873. The van der Waals surface area contributed by atoms with E-state index in [0.717, 1.165) is 38.4 Å². The fourth-order valence-corrected chi connectivity index (χ4v) is 2.97. The van der Waals surface area contributed by atoms with E-state index >= 15 is 0 Å². The van der Waals surface area contributed by atoms with Crippen LogP contribution in [0.2, 0.25) is 0 Å². The third-order valence-electron chi connectivity index (χ3n) is 4.26. The first-order chi connectivity index (χ1) is 9.51. The lowest BCUT2D eigenvalue weighted by molar-refractivity contribution is 0.0905. The summed E-state index contributed by atoms with van der Waals surface area (Å²) in [5, 5.41) is 7.92. The lowest BCUT2D eigenvalue weighted by atomic mass is 9.89. The summed E-state index contributed by atoms with van der Waals surface area (Å²) in [6, 6.07) is 0.363. The fraction of sp³-hybridized carbons (Fsp3) is 0.867. The van der Waals surface area contributed by atoms with Crippen molar-refractivity contribution < 1.29 is 0 Å². The second-order valence-electron chi connectivity index (χ2n) is 5.63. The highest BCUT2D eigenvalue weighted by atomic mass is 15.3. The minimum Gasteiger partial charge on any atom is -0.312 e. The van der Waals surface area contributed by atoms with Crippen molar-refractivity contribution in [2.24, 2.45) is 0 Å². The molecule has 5 nitrogen and oxygen atoms in total. The van der Waals surface area contributed by atoms with Gasteiger partial charge in [-0.15, -0.1) is 0 Å². The Balaban J connectivity index is 2.93. The Morgan fingerprint density at radius 3 is 2.40 bits per heavy atom. The van der Waals surface area contributed by atoms with E-state index in [-0.39, 0.29) is 5.54 Å². The molecule has 0 aromatic carbocycles. The molecule has 0 fully saturated rings. The Hall–Kier alpha value is -0.940.